The van der Waals surface area contributed by atoms with Crippen molar-refractivity contribution in [3.8, 4) is 0 Å². The average molecular weight is 367 g/mol. The first-order chi connectivity index (χ1) is 13.3. The maximum atomic E-state index is 13.2. The van der Waals surface area contributed by atoms with Crippen molar-refractivity contribution in [2.45, 2.75) is 51.2 Å². The summed E-state index contributed by atoms with van der Waals surface area (Å²) in [6.45, 7) is 4.73. The quantitative estimate of drug-likeness (QED) is 0.816. The van der Waals surface area contributed by atoms with Crippen molar-refractivity contribution in [1.29, 1.82) is 0 Å². The zero-order valence-corrected chi connectivity index (χ0v) is 16.0. The summed E-state index contributed by atoms with van der Waals surface area (Å²) in [6.07, 6.45) is 11.3. The number of carbonyl (C=O) groups is 1. The lowest BCUT2D eigenvalue weighted by Gasteiger charge is -2.40. The van der Waals surface area contributed by atoms with Crippen molar-refractivity contribution in [1.82, 2.24) is 19.4 Å². The summed E-state index contributed by atoms with van der Waals surface area (Å²) in [7, 11) is 0. The van der Waals surface area contributed by atoms with E-state index in [-0.39, 0.29) is 6.04 Å². The molecule has 1 atom stereocenters. The summed E-state index contributed by atoms with van der Waals surface area (Å²) in [5, 5.41) is 0. The highest BCUT2D eigenvalue weighted by molar-refractivity contribution is 5.82. The molecule has 3 heterocycles. The third kappa shape index (κ3) is 4.59. The van der Waals surface area contributed by atoms with Gasteiger partial charge < -0.3 is 9.47 Å². The van der Waals surface area contributed by atoms with Crippen LogP contribution in [0.3, 0.4) is 0 Å². The van der Waals surface area contributed by atoms with Gasteiger partial charge in [0, 0.05) is 38.6 Å². The molecule has 2 aliphatic heterocycles. The molecule has 5 heteroatoms. The monoisotopic (exact) mass is 366 g/mol. The third-order valence-corrected chi connectivity index (χ3v) is 6.08. The van der Waals surface area contributed by atoms with Gasteiger partial charge in [-0.15, -0.1) is 0 Å². The van der Waals surface area contributed by atoms with Crippen LogP contribution in [-0.4, -0.2) is 50.9 Å². The Morgan fingerprint density at radius 1 is 1.04 bits per heavy atom. The van der Waals surface area contributed by atoms with Crippen molar-refractivity contribution < 1.29 is 4.79 Å². The normalized spacial score (nSPS) is 22.1. The van der Waals surface area contributed by atoms with Gasteiger partial charge in [-0.05, 0) is 43.7 Å². The summed E-state index contributed by atoms with van der Waals surface area (Å²) in [6, 6.07) is 10.6. The largest absolute Gasteiger partial charge is 0.341 e. The Kier molecular flexibility index (Phi) is 5.87. The molecule has 0 unspecified atom stereocenters. The van der Waals surface area contributed by atoms with E-state index in [1.165, 1.54) is 18.4 Å². The molecule has 2 aromatic rings. The molecule has 1 aromatic carbocycles. The Labute approximate surface area is 162 Å². The Bertz CT molecular complexity index is 707. The van der Waals surface area contributed by atoms with Gasteiger partial charge in [-0.25, -0.2) is 4.98 Å². The van der Waals surface area contributed by atoms with Crippen LogP contribution in [0.2, 0.25) is 0 Å². The molecule has 1 aromatic heterocycles. The molecule has 0 saturated carbocycles. The molecule has 5 nitrogen and oxygen atoms in total. The zero-order valence-electron chi connectivity index (χ0n) is 16.0. The molecule has 2 aliphatic rings. The number of aromatic nitrogens is 2. The van der Waals surface area contributed by atoms with Crippen LogP contribution < -0.4 is 0 Å². The molecular formula is C22H30N4O. The standard InChI is InChI=1S/C22H30N4O/c27-22(25-13-9-20(10-14-25)16-24-15-11-23-18-24)21-8-4-5-12-26(21)17-19-6-2-1-3-7-19/h1-3,6-7,11,15,18,20-21H,4-5,8-10,12-14,16-17H2/t21-/m0/s1. The average Bonchev–Trinajstić information content (AvgIpc) is 3.22. The van der Waals surface area contributed by atoms with E-state index < -0.39 is 0 Å². The van der Waals surface area contributed by atoms with Crippen molar-refractivity contribution in [2.24, 2.45) is 5.92 Å². The predicted molar refractivity (Wildman–Crippen MR) is 106 cm³/mol. The SMILES string of the molecule is O=C([C@@H]1CCCCN1Cc1ccccc1)N1CCC(Cn2ccnc2)CC1. The van der Waals surface area contributed by atoms with Crippen LogP contribution in [0.1, 0.15) is 37.7 Å². The van der Waals surface area contributed by atoms with Crippen LogP contribution in [0.25, 0.3) is 0 Å². The molecule has 0 spiro atoms. The van der Waals surface area contributed by atoms with E-state index in [1.54, 1.807) is 0 Å². The lowest BCUT2D eigenvalue weighted by atomic mass is 9.94. The first kappa shape index (κ1) is 18.2. The fraction of sp³-hybridized carbons (Fsp3) is 0.545. The minimum atomic E-state index is 0.0594. The number of rotatable bonds is 5. The fourth-order valence-electron chi connectivity index (χ4n) is 4.52. The Hall–Kier alpha value is -2.14. The number of amides is 1. The third-order valence-electron chi connectivity index (χ3n) is 6.08. The van der Waals surface area contributed by atoms with Gasteiger partial charge in [0.05, 0.1) is 12.4 Å². The van der Waals surface area contributed by atoms with Crippen molar-refractivity contribution in [2.75, 3.05) is 19.6 Å². The van der Waals surface area contributed by atoms with E-state index in [1.807, 2.05) is 18.7 Å². The number of imidazole rings is 1. The van der Waals surface area contributed by atoms with E-state index >= 15 is 0 Å². The summed E-state index contributed by atoms with van der Waals surface area (Å²) < 4.78 is 2.16. The lowest BCUT2D eigenvalue weighted by molar-refractivity contribution is -0.140. The predicted octanol–water partition coefficient (Wildman–Crippen LogP) is 3.18. The molecule has 27 heavy (non-hydrogen) atoms. The number of benzene rings is 1. The summed E-state index contributed by atoms with van der Waals surface area (Å²) in [5.41, 5.74) is 1.30. The van der Waals surface area contributed by atoms with Gasteiger partial charge in [-0.2, -0.15) is 0 Å². The minimum absolute atomic E-state index is 0.0594. The van der Waals surface area contributed by atoms with E-state index in [0.29, 0.717) is 11.8 Å². The second-order valence-corrected chi connectivity index (χ2v) is 8.00. The molecule has 1 amide bonds. The van der Waals surface area contributed by atoms with Gasteiger partial charge >= 0.3 is 0 Å². The van der Waals surface area contributed by atoms with Crippen LogP contribution >= 0.6 is 0 Å². The van der Waals surface area contributed by atoms with Crippen LogP contribution in [0, 0.1) is 5.92 Å². The second-order valence-electron chi connectivity index (χ2n) is 8.00. The highest BCUT2D eigenvalue weighted by Gasteiger charge is 2.33. The van der Waals surface area contributed by atoms with Gasteiger partial charge in [-0.1, -0.05) is 36.8 Å². The number of hydrogen-bond donors (Lipinski definition) is 0. The highest BCUT2D eigenvalue weighted by atomic mass is 16.2. The van der Waals surface area contributed by atoms with E-state index in [4.69, 9.17) is 0 Å². The Morgan fingerprint density at radius 2 is 1.85 bits per heavy atom. The topological polar surface area (TPSA) is 41.4 Å². The van der Waals surface area contributed by atoms with E-state index in [0.717, 1.165) is 52.0 Å². The van der Waals surface area contributed by atoms with Gasteiger partial charge in [-0.3, -0.25) is 9.69 Å². The van der Waals surface area contributed by atoms with Crippen molar-refractivity contribution >= 4 is 5.91 Å². The molecule has 0 bridgehead atoms. The second kappa shape index (κ2) is 8.70. The van der Waals surface area contributed by atoms with Gasteiger partial charge in [0.15, 0.2) is 0 Å². The highest BCUT2D eigenvalue weighted by Crippen LogP contribution is 2.25. The maximum absolute atomic E-state index is 13.2. The zero-order chi connectivity index (χ0) is 18.5. The van der Waals surface area contributed by atoms with Crippen LogP contribution in [0.15, 0.2) is 49.1 Å². The molecule has 4 rings (SSSR count). The van der Waals surface area contributed by atoms with Gasteiger partial charge in [0.25, 0.3) is 0 Å². The molecule has 0 N–H and O–H groups in total. The number of piperidine rings is 2. The minimum Gasteiger partial charge on any atom is -0.341 e. The summed E-state index contributed by atoms with van der Waals surface area (Å²) >= 11 is 0. The Morgan fingerprint density at radius 3 is 2.59 bits per heavy atom. The van der Waals surface area contributed by atoms with Crippen molar-refractivity contribution in [3.63, 3.8) is 0 Å². The van der Waals surface area contributed by atoms with Gasteiger partial charge in [0.2, 0.25) is 5.91 Å². The first-order valence-corrected chi connectivity index (χ1v) is 10.3. The van der Waals surface area contributed by atoms with E-state index in [9.17, 15) is 4.79 Å². The Balaban J connectivity index is 1.33. The smallest absolute Gasteiger partial charge is 0.239 e. The first-order valence-electron chi connectivity index (χ1n) is 10.3. The van der Waals surface area contributed by atoms with Crippen LogP contribution in [0.5, 0.6) is 0 Å². The summed E-state index contributed by atoms with van der Waals surface area (Å²) in [5.74, 6) is 1.00. The van der Waals surface area contributed by atoms with Gasteiger partial charge in [0.1, 0.15) is 0 Å². The van der Waals surface area contributed by atoms with Crippen LogP contribution in [-0.2, 0) is 17.9 Å². The molecule has 0 radical (unpaired) electrons. The number of carbonyl (C=O) groups excluding carboxylic acids is 1. The molecule has 2 saturated heterocycles. The fourth-order valence-corrected chi connectivity index (χ4v) is 4.52. The molecular weight excluding hydrogens is 336 g/mol. The molecule has 144 valence electrons. The lowest BCUT2D eigenvalue weighted by Crippen LogP contribution is -2.52. The molecule has 0 aliphatic carbocycles. The van der Waals surface area contributed by atoms with Crippen molar-refractivity contribution in [3.05, 3.63) is 54.6 Å². The van der Waals surface area contributed by atoms with Crippen LogP contribution in [0.4, 0.5) is 0 Å². The maximum Gasteiger partial charge on any atom is 0.239 e. The number of likely N-dealkylation sites (tertiary alicyclic amines) is 2. The number of nitrogens with zero attached hydrogens (tertiary/aromatic N) is 4. The van der Waals surface area contributed by atoms with E-state index in [2.05, 4.69) is 49.7 Å². The summed E-state index contributed by atoms with van der Waals surface area (Å²) in [4.78, 5) is 21.9. The number of hydrogen-bond acceptors (Lipinski definition) is 3. The molecule has 2 fully saturated rings.